The van der Waals surface area contributed by atoms with Crippen molar-refractivity contribution in [2.75, 3.05) is 26.4 Å². The Morgan fingerprint density at radius 1 is 1.45 bits per heavy atom. The second-order valence-corrected chi connectivity index (χ2v) is 6.63. The van der Waals surface area contributed by atoms with E-state index in [1.54, 1.807) is 6.92 Å². The first kappa shape index (κ1) is 17.4. The summed E-state index contributed by atoms with van der Waals surface area (Å²) in [4.78, 5) is 12.1. The summed E-state index contributed by atoms with van der Waals surface area (Å²) in [5.41, 5.74) is 1.18. The van der Waals surface area contributed by atoms with Gasteiger partial charge in [-0.05, 0) is 44.4 Å². The van der Waals surface area contributed by atoms with Crippen molar-refractivity contribution in [3.05, 3.63) is 34.3 Å². The minimum absolute atomic E-state index is 0.0530. The normalized spacial score (nSPS) is 18.7. The number of nitrogens with one attached hydrogen (secondary N) is 1. The van der Waals surface area contributed by atoms with Crippen molar-refractivity contribution in [3.8, 4) is 0 Å². The lowest BCUT2D eigenvalue weighted by Crippen LogP contribution is -2.47. The molecule has 1 aliphatic rings. The number of rotatable bonds is 6. The lowest BCUT2D eigenvalue weighted by Gasteiger charge is -2.38. The molecule has 0 radical (unpaired) electrons. The highest BCUT2D eigenvalue weighted by atomic mass is 79.9. The smallest absolute Gasteiger partial charge is 0.248 e. The summed E-state index contributed by atoms with van der Waals surface area (Å²) in [5, 5.41) is 3.06. The largest absolute Gasteiger partial charge is 0.381 e. The average molecular weight is 370 g/mol. The maximum absolute atomic E-state index is 12.1. The van der Waals surface area contributed by atoms with Crippen molar-refractivity contribution >= 4 is 21.8 Å². The molecule has 1 saturated heterocycles. The van der Waals surface area contributed by atoms with Gasteiger partial charge in [0.1, 0.15) is 6.10 Å². The Kier molecular flexibility index (Phi) is 6.41. The second kappa shape index (κ2) is 8.09. The number of carbonyl (C=O) groups is 1. The molecule has 1 aromatic carbocycles. The molecule has 0 spiro atoms. The minimum Gasteiger partial charge on any atom is -0.381 e. The predicted octanol–water partition coefficient (Wildman–Crippen LogP) is 3.04. The molecule has 1 fully saturated rings. The molecule has 1 atom stereocenters. The number of amides is 1. The van der Waals surface area contributed by atoms with E-state index in [1.165, 1.54) is 5.56 Å². The van der Waals surface area contributed by atoms with Gasteiger partial charge in [0, 0.05) is 36.3 Å². The van der Waals surface area contributed by atoms with E-state index in [4.69, 9.17) is 9.47 Å². The van der Waals surface area contributed by atoms with Crippen LogP contribution in [0.2, 0.25) is 0 Å². The van der Waals surface area contributed by atoms with Crippen LogP contribution in [0.1, 0.15) is 32.3 Å². The fourth-order valence-electron chi connectivity index (χ4n) is 2.87. The Morgan fingerprint density at radius 2 is 2.18 bits per heavy atom. The summed E-state index contributed by atoms with van der Waals surface area (Å²) in [5.74, 6) is -0.0530. The molecule has 1 unspecified atom stereocenters. The summed E-state index contributed by atoms with van der Waals surface area (Å²) < 4.78 is 11.9. The van der Waals surface area contributed by atoms with Gasteiger partial charge < -0.3 is 14.8 Å². The fourth-order valence-corrected chi connectivity index (χ4v) is 3.27. The van der Waals surface area contributed by atoms with Crippen LogP contribution in [-0.2, 0) is 19.7 Å². The van der Waals surface area contributed by atoms with Gasteiger partial charge in [-0.2, -0.15) is 0 Å². The van der Waals surface area contributed by atoms with E-state index >= 15 is 0 Å². The van der Waals surface area contributed by atoms with Crippen molar-refractivity contribution in [2.45, 2.75) is 38.2 Å². The zero-order chi connectivity index (χ0) is 16.0. The summed E-state index contributed by atoms with van der Waals surface area (Å²) in [7, 11) is 0. The highest BCUT2D eigenvalue weighted by Gasteiger charge is 2.35. The molecular weight excluding hydrogens is 346 g/mol. The van der Waals surface area contributed by atoms with E-state index in [1.807, 2.05) is 19.1 Å². The Balaban J connectivity index is 2.11. The highest BCUT2D eigenvalue weighted by Crippen LogP contribution is 2.35. The summed E-state index contributed by atoms with van der Waals surface area (Å²) in [6.45, 7) is 6.29. The molecule has 0 saturated carbocycles. The quantitative estimate of drug-likeness (QED) is 0.838. The number of hydrogen-bond donors (Lipinski definition) is 1. The van der Waals surface area contributed by atoms with Gasteiger partial charge in [-0.1, -0.05) is 28.1 Å². The van der Waals surface area contributed by atoms with Crippen molar-refractivity contribution < 1.29 is 14.3 Å². The Morgan fingerprint density at radius 3 is 2.82 bits per heavy atom. The third-order valence-corrected chi connectivity index (χ3v) is 4.77. The highest BCUT2D eigenvalue weighted by molar-refractivity contribution is 9.10. The van der Waals surface area contributed by atoms with E-state index in [0.717, 1.165) is 30.5 Å². The number of hydrogen-bond acceptors (Lipinski definition) is 3. The summed E-state index contributed by atoms with van der Waals surface area (Å²) in [6.07, 6.45) is 1.41. The van der Waals surface area contributed by atoms with E-state index < -0.39 is 6.10 Å². The number of carbonyl (C=O) groups excluding carboxylic acids is 1. The van der Waals surface area contributed by atoms with Crippen molar-refractivity contribution in [1.82, 2.24) is 5.32 Å². The van der Waals surface area contributed by atoms with Gasteiger partial charge in [0.2, 0.25) is 5.91 Å². The first-order chi connectivity index (χ1) is 10.6. The Bertz CT molecular complexity index is 500. The van der Waals surface area contributed by atoms with Crippen molar-refractivity contribution in [2.24, 2.45) is 0 Å². The van der Waals surface area contributed by atoms with Crippen LogP contribution in [-0.4, -0.2) is 38.4 Å². The first-order valence-electron chi connectivity index (χ1n) is 7.80. The maximum Gasteiger partial charge on any atom is 0.248 e. The zero-order valence-corrected chi connectivity index (χ0v) is 14.8. The average Bonchev–Trinajstić information content (AvgIpc) is 2.53. The maximum atomic E-state index is 12.1. The standard InChI is InChI=1S/C17H24BrNO3/c1-3-22-13(2)16(20)19-12-17(7-9-21-10-8-17)14-5-4-6-15(18)11-14/h4-6,11,13H,3,7-10,12H2,1-2H3,(H,19,20). The summed E-state index contributed by atoms with van der Waals surface area (Å²) >= 11 is 3.54. The summed E-state index contributed by atoms with van der Waals surface area (Å²) in [6, 6.07) is 8.34. The van der Waals surface area contributed by atoms with Crippen molar-refractivity contribution in [1.29, 1.82) is 0 Å². The molecule has 4 nitrogen and oxygen atoms in total. The topological polar surface area (TPSA) is 47.6 Å². The molecule has 0 aliphatic carbocycles. The van der Waals surface area contributed by atoms with Crippen LogP contribution in [0.4, 0.5) is 0 Å². The molecule has 1 aromatic rings. The molecule has 5 heteroatoms. The molecule has 0 aromatic heterocycles. The van der Waals surface area contributed by atoms with Gasteiger partial charge in [0.25, 0.3) is 0 Å². The molecule has 0 bridgehead atoms. The van der Waals surface area contributed by atoms with Crippen LogP contribution in [0.25, 0.3) is 0 Å². The van der Waals surface area contributed by atoms with Crippen LogP contribution in [0.5, 0.6) is 0 Å². The third kappa shape index (κ3) is 4.31. The monoisotopic (exact) mass is 369 g/mol. The van der Waals surface area contributed by atoms with Crippen LogP contribution in [0.15, 0.2) is 28.7 Å². The lowest BCUT2D eigenvalue weighted by molar-refractivity contribution is -0.131. The van der Waals surface area contributed by atoms with E-state index in [0.29, 0.717) is 13.2 Å². The molecular formula is C17H24BrNO3. The van der Waals surface area contributed by atoms with Gasteiger partial charge in [0.05, 0.1) is 0 Å². The Labute approximate surface area is 140 Å². The van der Waals surface area contributed by atoms with Crippen LogP contribution in [0.3, 0.4) is 0 Å². The number of halogens is 1. The van der Waals surface area contributed by atoms with Gasteiger partial charge in [-0.25, -0.2) is 0 Å². The second-order valence-electron chi connectivity index (χ2n) is 5.72. The van der Waals surface area contributed by atoms with Crippen molar-refractivity contribution in [3.63, 3.8) is 0 Å². The van der Waals surface area contributed by atoms with E-state index in [2.05, 4.69) is 33.4 Å². The van der Waals surface area contributed by atoms with Gasteiger partial charge in [-0.15, -0.1) is 0 Å². The lowest BCUT2D eigenvalue weighted by atomic mass is 9.74. The third-order valence-electron chi connectivity index (χ3n) is 4.27. The minimum atomic E-state index is -0.413. The van der Waals surface area contributed by atoms with Crippen LogP contribution >= 0.6 is 15.9 Å². The first-order valence-corrected chi connectivity index (χ1v) is 8.60. The molecule has 1 heterocycles. The SMILES string of the molecule is CCOC(C)C(=O)NCC1(c2cccc(Br)c2)CCOCC1. The zero-order valence-electron chi connectivity index (χ0n) is 13.2. The van der Waals surface area contributed by atoms with Crippen LogP contribution in [0, 0.1) is 0 Å². The molecule has 122 valence electrons. The molecule has 1 amide bonds. The fraction of sp³-hybridized carbons (Fsp3) is 0.588. The van der Waals surface area contributed by atoms with Gasteiger partial charge >= 0.3 is 0 Å². The Hall–Kier alpha value is -0.910. The number of benzene rings is 1. The van der Waals surface area contributed by atoms with Gasteiger partial charge in [-0.3, -0.25) is 4.79 Å². The van der Waals surface area contributed by atoms with Crippen LogP contribution < -0.4 is 5.32 Å². The molecule has 1 aliphatic heterocycles. The van der Waals surface area contributed by atoms with E-state index in [9.17, 15) is 4.79 Å². The molecule has 22 heavy (non-hydrogen) atoms. The molecule has 1 N–H and O–H groups in total. The van der Waals surface area contributed by atoms with E-state index in [-0.39, 0.29) is 11.3 Å². The predicted molar refractivity (Wildman–Crippen MR) is 90.0 cm³/mol. The number of ether oxygens (including phenoxy) is 2. The molecule has 2 rings (SSSR count). The van der Waals surface area contributed by atoms with Gasteiger partial charge in [0.15, 0.2) is 0 Å².